The lowest BCUT2D eigenvalue weighted by atomic mass is 10.00. The number of rotatable bonds is 4. The molecule has 110 valence electrons. The van der Waals surface area contributed by atoms with Crippen LogP contribution in [-0.4, -0.2) is 12.9 Å². The third kappa shape index (κ3) is 3.29. The van der Waals surface area contributed by atoms with Gasteiger partial charge >= 0.3 is 0 Å². The molecule has 5 heteroatoms. The van der Waals surface area contributed by atoms with Crippen molar-refractivity contribution < 1.29 is 18.3 Å². The molecule has 0 fully saturated rings. The number of carbonyl (C=O) groups is 1. The molecule has 0 saturated carbocycles. The van der Waals surface area contributed by atoms with Crippen LogP contribution in [0.1, 0.15) is 21.5 Å². The molecule has 21 heavy (non-hydrogen) atoms. The third-order valence-corrected chi connectivity index (χ3v) is 3.76. The molecule has 0 N–H and O–H groups in total. The van der Waals surface area contributed by atoms with Crippen molar-refractivity contribution in [1.29, 1.82) is 0 Å². The maximum absolute atomic E-state index is 13.9. The molecule has 0 heterocycles. The lowest BCUT2D eigenvalue weighted by molar-refractivity contribution is 0.0984. The monoisotopic (exact) mass is 354 g/mol. The molecule has 2 rings (SSSR count). The van der Waals surface area contributed by atoms with E-state index in [4.69, 9.17) is 4.74 Å². The number of benzene rings is 2. The first kappa shape index (κ1) is 15.6. The first-order valence-corrected chi connectivity index (χ1v) is 7.03. The molecular formula is C16H13BrF2O2. The second kappa shape index (κ2) is 6.35. The van der Waals surface area contributed by atoms with Gasteiger partial charge in [-0.15, -0.1) is 0 Å². The Morgan fingerprint density at radius 1 is 1.24 bits per heavy atom. The molecular weight excluding hydrogens is 342 g/mol. The molecule has 0 aliphatic heterocycles. The molecule has 2 nitrogen and oxygen atoms in total. The van der Waals surface area contributed by atoms with Crippen LogP contribution in [0.5, 0.6) is 5.75 Å². The molecule has 2 aromatic carbocycles. The van der Waals surface area contributed by atoms with Gasteiger partial charge in [0.15, 0.2) is 5.78 Å². The van der Waals surface area contributed by atoms with Gasteiger partial charge < -0.3 is 4.74 Å². The van der Waals surface area contributed by atoms with Gasteiger partial charge in [0, 0.05) is 6.42 Å². The van der Waals surface area contributed by atoms with E-state index in [9.17, 15) is 13.6 Å². The van der Waals surface area contributed by atoms with Crippen LogP contribution in [0.3, 0.4) is 0 Å². The average Bonchev–Trinajstić information content (AvgIpc) is 2.43. The summed E-state index contributed by atoms with van der Waals surface area (Å²) in [6.07, 6.45) is -0.0834. The predicted molar refractivity (Wildman–Crippen MR) is 79.8 cm³/mol. The van der Waals surface area contributed by atoms with Crippen LogP contribution in [0.4, 0.5) is 8.78 Å². The van der Waals surface area contributed by atoms with Gasteiger partial charge in [-0.2, -0.15) is 0 Å². The predicted octanol–water partition coefficient (Wildman–Crippen LogP) is 4.47. The van der Waals surface area contributed by atoms with E-state index in [1.54, 1.807) is 18.2 Å². The highest BCUT2D eigenvalue weighted by Gasteiger charge is 2.19. The number of Topliss-reactive ketones (excluding diaryl/α,β-unsaturated/α-hetero) is 1. The van der Waals surface area contributed by atoms with Crippen molar-refractivity contribution in [3.8, 4) is 5.75 Å². The molecule has 0 aromatic heterocycles. The van der Waals surface area contributed by atoms with Gasteiger partial charge in [0.2, 0.25) is 0 Å². The minimum atomic E-state index is -0.837. The second-order valence-corrected chi connectivity index (χ2v) is 5.48. The Labute approximate surface area is 129 Å². The standard InChI is InChI=1S/C16H13BrF2O2/c1-9-3-5-12(18)15(16(9)19)13(20)8-10-4-6-14(21-2)11(17)7-10/h3-7H,8H2,1-2H3. The van der Waals surface area contributed by atoms with E-state index in [-0.39, 0.29) is 12.0 Å². The van der Waals surface area contributed by atoms with Gasteiger partial charge in [0.05, 0.1) is 17.1 Å². The zero-order valence-corrected chi connectivity index (χ0v) is 13.1. The number of ketones is 1. The van der Waals surface area contributed by atoms with E-state index in [0.717, 1.165) is 6.07 Å². The quantitative estimate of drug-likeness (QED) is 0.757. The number of ether oxygens (including phenoxy) is 1. The third-order valence-electron chi connectivity index (χ3n) is 3.14. The van der Waals surface area contributed by atoms with Gasteiger partial charge in [-0.1, -0.05) is 12.1 Å². The Kier molecular flexibility index (Phi) is 4.73. The molecule has 0 amide bonds. The SMILES string of the molecule is COc1ccc(CC(=O)c2c(F)ccc(C)c2F)cc1Br. The Morgan fingerprint density at radius 2 is 1.95 bits per heavy atom. The molecule has 0 unspecified atom stereocenters. The number of halogens is 3. The number of carbonyl (C=O) groups excluding carboxylic acids is 1. The minimum absolute atomic E-state index is 0.0834. The van der Waals surface area contributed by atoms with E-state index in [0.29, 0.717) is 15.8 Å². The number of hydrogen-bond acceptors (Lipinski definition) is 2. The smallest absolute Gasteiger partial charge is 0.173 e. The normalized spacial score (nSPS) is 10.5. The summed E-state index contributed by atoms with van der Waals surface area (Å²) < 4.78 is 33.4. The van der Waals surface area contributed by atoms with Crippen LogP contribution in [0.15, 0.2) is 34.8 Å². The molecule has 0 aliphatic carbocycles. The maximum Gasteiger partial charge on any atom is 0.173 e. The van der Waals surface area contributed by atoms with Crippen molar-refractivity contribution in [2.45, 2.75) is 13.3 Å². The van der Waals surface area contributed by atoms with Crippen molar-refractivity contribution in [3.63, 3.8) is 0 Å². The summed E-state index contributed by atoms with van der Waals surface area (Å²) in [6, 6.07) is 7.49. The zero-order valence-electron chi connectivity index (χ0n) is 11.5. The zero-order chi connectivity index (χ0) is 15.6. The summed E-state index contributed by atoms with van der Waals surface area (Å²) in [6.45, 7) is 1.50. The van der Waals surface area contributed by atoms with Crippen LogP contribution < -0.4 is 4.74 Å². The van der Waals surface area contributed by atoms with Crippen LogP contribution in [0.2, 0.25) is 0 Å². The van der Waals surface area contributed by atoms with Gasteiger partial charge in [-0.05, 0) is 52.2 Å². The first-order chi connectivity index (χ1) is 9.93. The van der Waals surface area contributed by atoms with Gasteiger partial charge in [0.1, 0.15) is 17.4 Å². The van der Waals surface area contributed by atoms with Crippen molar-refractivity contribution in [2.24, 2.45) is 0 Å². The number of hydrogen-bond donors (Lipinski definition) is 0. The van der Waals surface area contributed by atoms with E-state index in [2.05, 4.69) is 15.9 Å². The van der Waals surface area contributed by atoms with Crippen LogP contribution >= 0.6 is 15.9 Å². The lowest BCUT2D eigenvalue weighted by Gasteiger charge is -2.08. The lowest BCUT2D eigenvalue weighted by Crippen LogP contribution is -2.10. The topological polar surface area (TPSA) is 26.3 Å². The molecule has 0 saturated heterocycles. The molecule has 0 radical (unpaired) electrons. The average molecular weight is 355 g/mol. The van der Waals surface area contributed by atoms with E-state index >= 15 is 0 Å². The second-order valence-electron chi connectivity index (χ2n) is 4.62. The number of aryl methyl sites for hydroxylation is 1. The first-order valence-electron chi connectivity index (χ1n) is 6.24. The van der Waals surface area contributed by atoms with Crippen LogP contribution in [-0.2, 0) is 6.42 Å². The van der Waals surface area contributed by atoms with Crippen molar-refractivity contribution in [1.82, 2.24) is 0 Å². The summed E-state index contributed by atoms with van der Waals surface area (Å²) in [4.78, 5) is 12.1. The number of methoxy groups -OCH3 is 1. The fourth-order valence-electron chi connectivity index (χ4n) is 2.01. The fourth-order valence-corrected chi connectivity index (χ4v) is 2.59. The molecule has 0 aliphatic rings. The summed E-state index contributed by atoms with van der Waals surface area (Å²) in [5.41, 5.74) is 0.408. The van der Waals surface area contributed by atoms with Crippen LogP contribution in [0.25, 0.3) is 0 Å². The molecule has 0 bridgehead atoms. The minimum Gasteiger partial charge on any atom is -0.496 e. The van der Waals surface area contributed by atoms with Gasteiger partial charge in [-0.3, -0.25) is 4.79 Å². The Bertz CT molecular complexity index is 699. The maximum atomic E-state index is 13.9. The summed E-state index contributed by atoms with van der Waals surface area (Å²) in [5, 5.41) is 0. The summed E-state index contributed by atoms with van der Waals surface area (Å²) >= 11 is 3.31. The molecule has 0 spiro atoms. The van der Waals surface area contributed by atoms with E-state index in [1.807, 2.05) is 0 Å². The Morgan fingerprint density at radius 3 is 2.57 bits per heavy atom. The van der Waals surface area contributed by atoms with Crippen molar-refractivity contribution >= 4 is 21.7 Å². The van der Waals surface area contributed by atoms with Gasteiger partial charge in [-0.25, -0.2) is 8.78 Å². The van der Waals surface area contributed by atoms with E-state index < -0.39 is 23.0 Å². The molecule has 0 atom stereocenters. The van der Waals surface area contributed by atoms with Crippen molar-refractivity contribution in [2.75, 3.05) is 7.11 Å². The largest absolute Gasteiger partial charge is 0.496 e. The Balaban J connectivity index is 2.30. The van der Waals surface area contributed by atoms with Gasteiger partial charge in [0.25, 0.3) is 0 Å². The Hall–Kier alpha value is -1.75. The highest BCUT2D eigenvalue weighted by molar-refractivity contribution is 9.10. The summed E-state index contributed by atoms with van der Waals surface area (Å²) in [5.74, 6) is -1.60. The highest BCUT2D eigenvalue weighted by atomic mass is 79.9. The fraction of sp³-hybridized carbons (Fsp3) is 0.188. The van der Waals surface area contributed by atoms with Crippen LogP contribution in [0, 0.1) is 18.6 Å². The molecule has 2 aromatic rings. The van der Waals surface area contributed by atoms with E-state index in [1.165, 1.54) is 20.1 Å². The van der Waals surface area contributed by atoms with Crippen molar-refractivity contribution in [3.05, 3.63) is 63.1 Å². The highest BCUT2D eigenvalue weighted by Crippen LogP contribution is 2.26. The summed E-state index contributed by atoms with van der Waals surface area (Å²) in [7, 11) is 1.53.